The molecule has 3 aromatic rings. The molecule has 0 radical (unpaired) electrons. The second kappa shape index (κ2) is 14.2. The molecule has 0 atom stereocenters. The van der Waals surface area contributed by atoms with Gasteiger partial charge < -0.3 is 32.1 Å². The molecule has 2 aromatic heterocycles. The Bertz CT molecular complexity index is 1140. The highest BCUT2D eigenvalue weighted by molar-refractivity contribution is 7.98. The third-order valence-corrected chi connectivity index (χ3v) is 5.55. The predicted molar refractivity (Wildman–Crippen MR) is 141 cm³/mol. The molecule has 1 aromatic carbocycles. The maximum absolute atomic E-state index is 10.8. The summed E-state index contributed by atoms with van der Waals surface area (Å²) in [5.41, 5.74) is 6.65. The minimum absolute atomic E-state index is 0.0603. The van der Waals surface area contributed by atoms with Crippen LogP contribution in [0.1, 0.15) is 17.8 Å². The molecule has 36 heavy (non-hydrogen) atoms. The average molecular weight is 534 g/mol. The highest BCUT2D eigenvalue weighted by Crippen LogP contribution is 2.21. The van der Waals surface area contributed by atoms with Crippen LogP contribution < -0.4 is 27.0 Å². The number of nitrogens with one attached hydrogen (secondary N) is 4. The molecule has 13 nitrogen and oxygen atoms in total. The van der Waals surface area contributed by atoms with E-state index in [9.17, 15) is 4.79 Å². The van der Waals surface area contributed by atoms with Crippen molar-refractivity contribution in [3.63, 3.8) is 0 Å². The molecule has 192 valence electrons. The van der Waals surface area contributed by atoms with Crippen molar-refractivity contribution in [2.24, 2.45) is 5.73 Å². The normalized spacial score (nSPS) is 10.6. The van der Waals surface area contributed by atoms with Crippen molar-refractivity contribution in [1.29, 1.82) is 0 Å². The first-order chi connectivity index (χ1) is 17.4. The lowest BCUT2D eigenvalue weighted by Crippen LogP contribution is -2.20. The fraction of sp³-hybridized carbons (Fsp3) is 0.381. The summed E-state index contributed by atoms with van der Waals surface area (Å²) >= 11 is 7.46. The molecule has 7 N–H and O–H groups in total. The second-order valence-electron chi connectivity index (χ2n) is 7.35. The molecule has 0 amide bonds. The molecule has 0 aliphatic rings. The number of carbonyl (C=O) groups is 1. The molecule has 3 rings (SSSR count). The van der Waals surface area contributed by atoms with Crippen molar-refractivity contribution < 1.29 is 9.90 Å². The van der Waals surface area contributed by atoms with E-state index in [4.69, 9.17) is 22.4 Å². The van der Waals surface area contributed by atoms with E-state index >= 15 is 0 Å². The first-order valence-electron chi connectivity index (χ1n) is 11.1. The van der Waals surface area contributed by atoms with Gasteiger partial charge in [0.05, 0.1) is 6.42 Å². The number of anilines is 4. The molecular weight excluding hydrogens is 506 g/mol. The predicted octanol–water partition coefficient (Wildman–Crippen LogP) is 2.09. The molecule has 0 saturated carbocycles. The van der Waals surface area contributed by atoms with Gasteiger partial charge in [0, 0.05) is 43.5 Å². The van der Waals surface area contributed by atoms with Gasteiger partial charge >= 0.3 is 5.97 Å². The van der Waals surface area contributed by atoms with E-state index in [2.05, 4.69) is 51.2 Å². The molecule has 2 heterocycles. The molecule has 0 fully saturated rings. The van der Waals surface area contributed by atoms with Crippen molar-refractivity contribution in [2.75, 3.05) is 54.0 Å². The van der Waals surface area contributed by atoms with Gasteiger partial charge in [-0.25, -0.2) is 4.98 Å². The van der Waals surface area contributed by atoms with E-state index in [1.807, 2.05) is 31.2 Å². The van der Waals surface area contributed by atoms with Crippen LogP contribution in [0.5, 0.6) is 0 Å². The Morgan fingerprint density at radius 1 is 0.861 bits per heavy atom. The van der Waals surface area contributed by atoms with Gasteiger partial charge in [0.1, 0.15) is 5.82 Å². The Labute approximate surface area is 217 Å². The summed E-state index contributed by atoms with van der Waals surface area (Å²) in [7, 11) is 0. The number of carboxylic acids is 1. The van der Waals surface area contributed by atoms with Gasteiger partial charge in [-0.1, -0.05) is 35.5 Å². The second-order valence-corrected chi connectivity index (χ2v) is 8.73. The van der Waals surface area contributed by atoms with Gasteiger partial charge in [-0.05, 0) is 24.6 Å². The fourth-order valence-electron chi connectivity index (χ4n) is 2.76. The topological polar surface area (TPSA) is 189 Å². The first kappa shape index (κ1) is 27.1. The third-order valence-electron chi connectivity index (χ3n) is 4.38. The number of hydrogen-bond donors (Lipinski definition) is 6. The molecule has 0 saturated heterocycles. The van der Waals surface area contributed by atoms with Crippen LogP contribution in [0.2, 0.25) is 5.02 Å². The van der Waals surface area contributed by atoms with E-state index in [1.165, 1.54) is 11.8 Å². The standard InChI is InChI=1S/C21H28ClN11O2S/c1-13-28-17(33-21(29-13)36-12-14-2-4-15(22)5-3-14)26-10-11-27-20-31-18(24-8-6-16(34)35)30-19(32-20)25-9-7-23/h2-5H,6-12,23H2,1H3,(H,34,35)(H,26,28,29,33)(H3,24,25,27,30,31,32). The van der Waals surface area contributed by atoms with Crippen molar-refractivity contribution >= 4 is 53.1 Å². The molecule has 0 aliphatic heterocycles. The number of thioether (sulfide) groups is 1. The zero-order valence-electron chi connectivity index (χ0n) is 19.7. The van der Waals surface area contributed by atoms with Crippen molar-refractivity contribution in [3.05, 3.63) is 40.7 Å². The van der Waals surface area contributed by atoms with Gasteiger partial charge in [0.2, 0.25) is 23.8 Å². The van der Waals surface area contributed by atoms with Gasteiger partial charge in [0.15, 0.2) is 5.16 Å². The molecule has 0 spiro atoms. The Morgan fingerprint density at radius 2 is 1.42 bits per heavy atom. The summed E-state index contributed by atoms with van der Waals surface area (Å²) in [4.78, 5) is 36.8. The average Bonchev–Trinajstić information content (AvgIpc) is 2.84. The number of aliphatic carboxylic acids is 1. The van der Waals surface area contributed by atoms with Crippen LogP contribution in [0, 0.1) is 6.92 Å². The van der Waals surface area contributed by atoms with E-state index in [0.29, 0.717) is 65.8 Å². The lowest BCUT2D eigenvalue weighted by molar-refractivity contribution is -0.136. The fourth-order valence-corrected chi connectivity index (χ4v) is 3.72. The largest absolute Gasteiger partial charge is 0.481 e. The monoisotopic (exact) mass is 533 g/mol. The number of carboxylic acid groups (broad SMARTS) is 1. The highest BCUT2D eigenvalue weighted by Gasteiger charge is 2.08. The Kier molecular flexibility index (Phi) is 10.7. The molecule has 0 unspecified atom stereocenters. The highest BCUT2D eigenvalue weighted by atomic mass is 35.5. The number of nitrogens with zero attached hydrogens (tertiary/aromatic N) is 6. The lowest BCUT2D eigenvalue weighted by Gasteiger charge is -2.11. The first-order valence-corrected chi connectivity index (χ1v) is 12.5. The van der Waals surface area contributed by atoms with Crippen LogP contribution >= 0.6 is 23.4 Å². The Morgan fingerprint density at radius 3 is 2.00 bits per heavy atom. The summed E-state index contributed by atoms with van der Waals surface area (Å²) in [6.45, 7) is 3.85. The minimum atomic E-state index is -0.914. The maximum atomic E-state index is 10.8. The van der Waals surface area contributed by atoms with Crippen LogP contribution in [0.4, 0.5) is 23.8 Å². The molecular formula is C21H28ClN11O2S. The van der Waals surface area contributed by atoms with Crippen molar-refractivity contribution in [2.45, 2.75) is 24.3 Å². The van der Waals surface area contributed by atoms with Gasteiger partial charge in [-0.3, -0.25) is 4.79 Å². The summed E-state index contributed by atoms with van der Waals surface area (Å²) in [5, 5.41) is 22.3. The number of benzene rings is 1. The number of nitrogens with two attached hydrogens (primary N) is 1. The number of aromatic nitrogens is 6. The minimum Gasteiger partial charge on any atom is -0.481 e. The zero-order chi connectivity index (χ0) is 25.8. The third kappa shape index (κ3) is 9.64. The van der Waals surface area contributed by atoms with E-state index in [0.717, 1.165) is 5.56 Å². The van der Waals surface area contributed by atoms with Crippen molar-refractivity contribution in [3.8, 4) is 0 Å². The number of hydrogen-bond acceptors (Lipinski definition) is 13. The van der Waals surface area contributed by atoms with E-state index in [-0.39, 0.29) is 18.9 Å². The summed E-state index contributed by atoms with van der Waals surface area (Å²) in [6.07, 6.45) is -0.0603. The molecule has 0 aliphatic carbocycles. The van der Waals surface area contributed by atoms with Crippen molar-refractivity contribution in [1.82, 2.24) is 29.9 Å². The van der Waals surface area contributed by atoms with E-state index < -0.39 is 5.97 Å². The van der Waals surface area contributed by atoms with Gasteiger partial charge in [-0.2, -0.15) is 24.9 Å². The van der Waals surface area contributed by atoms with Gasteiger partial charge in [-0.15, -0.1) is 0 Å². The Hall–Kier alpha value is -3.49. The number of aryl methyl sites for hydroxylation is 1. The van der Waals surface area contributed by atoms with Crippen LogP contribution in [-0.4, -0.2) is 73.7 Å². The smallest absolute Gasteiger partial charge is 0.305 e. The number of halogens is 1. The van der Waals surface area contributed by atoms with Crippen LogP contribution in [0.25, 0.3) is 0 Å². The van der Waals surface area contributed by atoms with Crippen LogP contribution in [0.3, 0.4) is 0 Å². The zero-order valence-corrected chi connectivity index (χ0v) is 21.2. The van der Waals surface area contributed by atoms with E-state index in [1.54, 1.807) is 0 Å². The van der Waals surface area contributed by atoms with Crippen LogP contribution in [0.15, 0.2) is 29.4 Å². The quantitative estimate of drug-likeness (QED) is 0.123. The summed E-state index contributed by atoms with van der Waals surface area (Å²) in [5.74, 6) is 1.81. The van der Waals surface area contributed by atoms with Crippen LogP contribution in [-0.2, 0) is 10.5 Å². The lowest BCUT2D eigenvalue weighted by atomic mass is 10.2. The SMILES string of the molecule is Cc1nc(NCCNc2nc(NCCN)nc(NCCC(=O)O)n2)nc(SCc2ccc(Cl)cc2)n1. The molecule has 15 heteroatoms. The summed E-state index contributed by atoms with van der Waals surface area (Å²) < 4.78 is 0. The number of rotatable bonds is 15. The summed E-state index contributed by atoms with van der Waals surface area (Å²) in [6, 6.07) is 7.66. The molecule has 0 bridgehead atoms. The van der Waals surface area contributed by atoms with Gasteiger partial charge in [0.25, 0.3) is 0 Å². The maximum Gasteiger partial charge on any atom is 0.305 e. The Balaban J connectivity index is 1.53.